The molecule has 0 N–H and O–H groups in total. The Morgan fingerprint density at radius 3 is 2.19 bits per heavy atom. The van der Waals surface area contributed by atoms with Gasteiger partial charge in [-0.25, -0.2) is 14.5 Å². The Hall–Kier alpha value is -2.89. The van der Waals surface area contributed by atoms with Crippen molar-refractivity contribution < 1.29 is 0 Å². The second-order valence-corrected chi connectivity index (χ2v) is 6.74. The standard InChI is InChI=1S/C19H11Cl2N5/c20-13-3-1-12(2-4-13)16-9-25(15-7-5-14(21)6-8-15)18-17(16)19-22-10-24-26(19)11-23-18/h1-11H. The Bertz CT molecular complexity index is 1240. The van der Waals surface area contributed by atoms with Crippen molar-refractivity contribution in [2.75, 3.05) is 0 Å². The number of aromatic nitrogens is 5. The molecule has 0 bridgehead atoms. The van der Waals surface area contributed by atoms with Crippen LogP contribution in [0.15, 0.2) is 67.4 Å². The summed E-state index contributed by atoms with van der Waals surface area (Å²) in [6.45, 7) is 0. The minimum absolute atomic E-state index is 0.691. The quantitative estimate of drug-likeness (QED) is 0.431. The molecular weight excluding hydrogens is 369 g/mol. The van der Waals surface area contributed by atoms with Gasteiger partial charge in [-0.1, -0.05) is 35.3 Å². The average Bonchev–Trinajstić information content (AvgIpc) is 3.27. The molecule has 0 radical (unpaired) electrons. The molecule has 0 spiro atoms. The van der Waals surface area contributed by atoms with Gasteiger partial charge >= 0.3 is 0 Å². The van der Waals surface area contributed by atoms with Gasteiger partial charge in [-0.15, -0.1) is 0 Å². The van der Waals surface area contributed by atoms with E-state index in [9.17, 15) is 0 Å². The zero-order valence-electron chi connectivity index (χ0n) is 13.3. The van der Waals surface area contributed by atoms with Crippen molar-refractivity contribution >= 4 is 39.9 Å². The molecule has 0 aliphatic carbocycles. The lowest BCUT2D eigenvalue weighted by Gasteiger charge is -2.04. The lowest BCUT2D eigenvalue weighted by Crippen LogP contribution is -1.96. The number of hydrogen-bond donors (Lipinski definition) is 0. The van der Waals surface area contributed by atoms with E-state index in [0.29, 0.717) is 10.0 Å². The number of hydrogen-bond acceptors (Lipinski definition) is 3. The smallest absolute Gasteiger partial charge is 0.168 e. The molecule has 3 heterocycles. The molecule has 26 heavy (non-hydrogen) atoms. The van der Waals surface area contributed by atoms with E-state index >= 15 is 0 Å². The largest absolute Gasteiger partial charge is 0.301 e. The number of halogens is 2. The van der Waals surface area contributed by atoms with E-state index < -0.39 is 0 Å². The van der Waals surface area contributed by atoms with Gasteiger partial charge < -0.3 is 4.57 Å². The summed E-state index contributed by atoms with van der Waals surface area (Å²) in [7, 11) is 0. The van der Waals surface area contributed by atoms with Crippen LogP contribution in [-0.2, 0) is 0 Å². The van der Waals surface area contributed by atoms with Crippen molar-refractivity contribution in [3.8, 4) is 16.8 Å². The molecule has 2 aromatic carbocycles. The molecule has 126 valence electrons. The second-order valence-electron chi connectivity index (χ2n) is 5.87. The predicted octanol–water partition coefficient (Wildman–Crippen LogP) is 5.04. The fraction of sp³-hybridized carbons (Fsp3) is 0. The van der Waals surface area contributed by atoms with E-state index in [1.165, 1.54) is 6.33 Å². The zero-order valence-corrected chi connectivity index (χ0v) is 14.9. The molecule has 0 amide bonds. The van der Waals surface area contributed by atoms with Crippen LogP contribution < -0.4 is 0 Å². The van der Waals surface area contributed by atoms with Crippen molar-refractivity contribution in [3.63, 3.8) is 0 Å². The second kappa shape index (κ2) is 5.83. The molecule has 0 saturated carbocycles. The molecule has 0 fully saturated rings. The third kappa shape index (κ3) is 2.36. The summed E-state index contributed by atoms with van der Waals surface area (Å²) in [5, 5.41) is 6.53. The maximum Gasteiger partial charge on any atom is 0.168 e. The Morgan fingerprint density at radius 1 is 0.769 bits per heavy atom. The van der Waals surface area contributed by atoms with E-state index in [4.69, 9.17) is 23.2 Å². The molecule has 5 rings (SSSR count). The van der Waals surface area contributed by atoms with Crippen molar-refractivity contribution in [1.29, 1.82) is 0 Å². The van der Waals surface area contributed by atoms with E-state index in [1.54, 1.807) is 10.8 Å². The normalized spacial score (nSPS) is 11.5. The van der Waals surface area contributed by atoms with Crippen LogP contribution in [0.2, 0.25) is 10.0 Å². The van der Waals surface area contributed by atoms with Gasteiger partial charge in [0.2, 0.25) is 0 Å². The SMILES string of the molecule is Clc1ccc(-c2cn(-c3ccc(Cl)cc3)c3ncn4ncnc4c23)cc1. The van der Waals surface area contributed by atoms with Gasteiger partial charge in [0.25, 0.3) is 0 Å². The van der Waals surface area contributed by atoms with E-state index in [1.807, 2.05) is 53.1 Å². The minimum atomic E-state index is 0.691. The Labute approximate surface area is 158 Å². The molecule has 0 saturated heterocycles. The van der Waals surface area contributed by atoms with Crippen LogP contribution in [0, 0.1) is 0 Å². The summed E-state index contributed by atoms with van der Waals surface area (Å²) >= 11 is 12.1. The Balaban J connectivity index is 1.87. The Kier molecular flexibility index (Phi) is 3.45. The fourth-order valence-corrected chi connectivity index (χ4v) is 3.36. The zero-order chi connectivity index (χ0) is 17.7. The third-order valence-electron chi connectivity index (χ3n) is 4.33. The van der Waals surface area contributed by atoms with Crippen molar-refractivity contribution in [3.05, 3.63) is 77.4 Å². The summed E-state index contributed by atoms with van der Waals surface area (Å²) in [6.07, 6.45) is 5.25. The van der Waals surface area contributed by atoms with Crippen LogP contribution in [0.4, 0.5) is 0 Å². The highest BCUT2D eigenvalue weighted by Gasteiger charge is 2.17. The van der Waals surface area contributed by atoms with Gasteiger partial charge in [-0.3, -0.25) is 0 Å². The molecule has 0 unspecified atom stereocenters. The molecule has 0 aliphatic heterocycles. The highest BCUT2D eigenvalue weighted by Crippen LogP contribution is 2.34. The van der Waals surface area contributed by atoms with Gasteiger partial charge in [0, 0.05) is 27.5 Å². The van der Waals surface area contributed by atoms with Gasteiger partial charge in [0.05, 0.1) is 5.39 Å². The van der Waals surface area contributed by atoms with Gasteiger partial charge in [0.15, 0.2) is 11.3 Å². The molecule has 0 aliphatic rings. The van der Waals surface area contributed by atoms with Crippen molar-refractivity contribution in [2.45, 2.75) is 0 Å². The van der Waals surface area contributed by atoms with Gasteiger partial charge in [0.1, 0.15) is 12.7 Å². The molecule has 7 heteroatoms. The number of rotatable bonds is 2. The first-order chi connectivity index (χ1) is 12.7. The third-order valence-corrected chi connectivity index (χ3v) is 4.83. The predicted molar refractivity (Wildman–Crippen MR) is 103 cm³/mol. The van der Waals surface area contributed by atoms with E-state index in [-0.39, 0.29) is 0 Å². The highest BCUT2D eigenvalue weighted by atomic mass is 35.5. The lowest BCUT2D eigenvalue weighted by atomic mass is 10.1. The first-order valence-corrected chi connectivity index (χ1v) is 8.67. The highest BCUT2D eigenvalue weighted by molar-refractivity contribution is 6.31. The van der Waals surface area contributed by atoms with Crippen molar-refractivity contribution in [2.24, 2.45) is 0 Å². The molecule has 0 atom stereocenters. The molecule has 5 nitrogen and oxygen atoms in total. The lowest BCUT2D eigenvalue weighted by molar-refractivity contribution is 0.926. The van der Waals surface area contributed by atoms with Crippen molar-refractivity contribution in [1.82, 2.24) is 24.1 Å². The average molecular weight is 380 g/mol. The minimum Gasteiger partial charge on any atom is -0.301 e. The van der Waals surface area contributed by atoms with Crippen LogP contribution in [0.25, 0.3) is 33.5 Å². The Morgan fingerprint density at radius 2 is 1.46 bits per heavy atom. The van der Waals surface area contributed by atoms with Gasteiger partial charge in [-0.2, -0.15) is 5.10 Å². The number of benzene rings is 2. The number of fused-ring (bicyclic) bond motifs is 3. The molecule has 3 aromatic heterocycles. The van der Waals surface area contributed by atoms with Crippen LogP contribution in [-0.4, -0.2) is 24.1 Å². The maximum atomic E-state index is 6.05. The first-order valence-electron chi connectivity index (χ1n) is 7.92. The maximum absolute atomic E-state index is 6.05. The summed E-state index contributed by atoms with van der Waals surface area (Å²) in [6, 6.07) is 15.4. The van der Waals surface area contributed by atoms with Crippen LogP contribution in [0.1, 0.15) is 0 Å². The summed E-state index contributed by atoms with van der Waals surface area (Å²) in [5.41, 5.74) is 4.57. The monoisotopic (exact) mass is 379 g/mol. The van der Waals surface area contributed by atoms with Crippen LogP contribution in [0.3, 0.4) is 0 Å². The van der Waals surface area contributed by atoms with Crippen LogP contribution >= 0.6 is 23.2 Å². The summed E-state index contributed by atoms with van der Waals surface area (Å²) in [4.78, 5) is 9.03. The van der Waals surface area contributed by atoms with Crippen LogP contribution in [0.5, 0.6) is 0 Å². The number of nitrogens with zero attached hydrogens (tertiary/aromatic N) is 5. The topological polar surface area (TPSA) is 48.0 Å². The molecular formula is C19H11Cl2N5. The fourth-order valence-electron chi connectivity index (χ4n) is 3.11. The first kappa shape index (κ1) is 15.4. The van der Waals surface area contributed by atoms with Gasteiger partial charge in [-0.05, 0) is 42.0 Å². The molecule has 5 aromatic rings. The summed E-state index contributed by atoms with van der Waals surface area (Å²) < 4.78 is 3.71. The van der Waals surface area contributed by atoms with E-state index in [2.05, 4.69) is 21.3 Å². The van der Waals surface area contributed by atoms with E-state index in [0.717, 1.165) is 33.5 Å². The summed E-state index contributed by atoms with van der Waals surface area (Å²) in [5.74, 6) is 0.